The molecule has 0 bridgehead atoms. The third-order valence-corrected chi connectivity index (χ3v) is 2.32. The molecule has 0 fully saturated rings. The number of carbonyl (C=O) groups is 1. The van der Waals surface area contributed by atoms with Crippen LogP contribution in [0.25, 0.3) is 0 Å². The van der Waals surface area contributed by atoms with Gasteiger partial charge in [0.15, 0.2) is 0 Å². The van der Waals surface area contributed by atoms with Crippen LogP contribution in [0.3, 0.4) is 0 Å². The minimum atomic E-state index is -1.26. The van der Waals surface area contributed by atoms with Crippen LogP contribution in [0.1, 0.15) is 23.7 Å². The normalized spacial score (nSPS) is 14.4. The highest BCUT2D eigenvalue weighted by molar-refractivity contribution is 5.74. The molecule has 5 N–H and O–H groups in total. The fourth-order valence-electron chi connectivity index (χ4n) is 1.49. The summed E-state index contributed by atoms with van der Waals surface area (Å²) in [7, 11) is 0. The van der Waals surface area contributed by atoms with Gasteiger partial charge in [-0.05, 0) is 11.1 Å². The van der Waals surface area contributed by atoms with Crippen molar-refractivity contribution in [1.82, 2.24) is 0 Å². The smallest absolute Gasteiger partial charge is 0.220 e. The fourth-order valence-corrected chi connectivity index (χ4v) is 1.49. The van der Waals surface area contributed by atoms with Crippen molar-refractivity contribution in [3.63, 3.8) is 0 Å². The summed E-state index contributed by atoms with van der Waals surface area (Å²) in [6, 6.07) is 6.60. The summed E-state index contributed by atoms with van der Waals surface area (Å²) in [5, 5.41) is 28.4. The molecule has 0 spiro atoms. The Hall–Kier alpha value is -1.43. The van der Waals surface area contributed by atoms with Gasteiger partial charge in [-0.1, -0.05) is 24.3 Å². The lowest BCUT2D eigenvalue weighted by molar-refractivity contribution is -0.121. The van der Waals surface area contributed by atoms with Gasteiger partial charge in [-0.15, -0.1) is 0 Å². The van der Waals surface area contributed by atoms with Gasteiger partial charge in [0.2, 0.25) is 5.91 Å². The molecule has 5 nitrogen and oxygen atoms in total. The summed E-state index contributed by atoms with van der Waals surface area (Å²) in [5.74, 6) is -0.687. The maximum atomic E-state index is 10.6. The van der Waals surface area contributed by atoms with E-state index in [1.807, 2.05) is 0 Å². The number of nitrogens with two attached hydrogens (primary N) is 1. The van der Waals surface area contributed by atoms with Crippen molar-refractivity contribution >= 4 is 5.91 Å². The highest BCUT2D eigenvalue weighted by atomic mass is 16.3. The number of benzene rings is 1. The molecule has 1 rings (SSSR count). The minimum Gasteiger partial charge on any atom is -0.392 e. The van der Waals surface area contributed by atoms with Crippen LogP contribution < -0.4 is 5.73 Å². The van der Waals surface area contributed by atoms with Crippen molar-refractivity contribution in [3.8, 4) is 0 Å². The molecule has 1 aromatic carbocycles. The van der Waals surface area contributed by atoms with Crippen LogP contribution in [0.15, 0.2) is 24.3 Å². The summed E-state index contributed by atoms with van der Waals surface area (Å²) in [6.07, 6.45) is -2.80. The summed E-state index contributed by atoms with van der Waals surface area (Å²) < 4.78 is 0. The Balaban J connectivity index is 2.86. The second kappa shape index (κ2) is 5.60. The number of hydrogen-bond acceptors (Lipinski definition) is 4. The molecular formula is C11H15NO4. The van der Waals surface area contributed by atoms with E-state index in [4.69, 9.17) is 10.8 Å². The molecule has 0 heterocycles. The van der Waals surface area contributed by atoms with E-state index in [0.717, 1.165) is 0 Å². The van der Waals surface area contributed by atoms with E-state index in [1.54, 1.807) is 24.3 Å². The molecule has 0 aliphatic rings. The molecule has 0 aliphatic carbocycles. The van der Waals surface area contributed by atoms with Crippen molar-refractivity contribution in [2.45, 2.75) is 25.2 Å². The van der Waals surface area contributed by atoms with Crippen LogP contribution in [-0.4, -0.2) is 27.3 Å². The van der Waals surface area contributed by atoms with Crippen LogP contribution in [0.5, 0.6) is 0 Å². The van der Waals surface area contributed by atoms with E-state index < -0.39 is 18.1 Å². The first kappa shape index (κ1) is 12.6. The largest absolute Gasteiger partial charge is 0.392 e. The topological polar surface area (TPSA) is 104 Å². The summed E-state index contributed by atoms with van der Waals surface area (Å²) in [6.45, 7) is -0.240. The molecule has 16 heavy (non-hydrogen) atoms. The van der Waals surface area contributed by atoms with E-state index in [1.165, 1.54) is 0 Å². The van der Waals surface area contributed by atoms with Crippen molar-refractivity contribution < 1.29 is 20.1 Å². The van der Waals surface area contributed by atoms with E-state index in [-0.39, 0.29) is 13.0 Å². The Morgan fingerprint density at radius 2 is 1.94 bits per heavy atom. The summed E-state index contributed by atoms with van der Waals surface area (Å²) >= 11 is 0. The van der Waals surface area contributed by atoms with Crippen LogP contribution in [0.4, 0.5) is 0 Å². The number of primary amides is 1. The molecule has 0 saturated heterocycles. The average molecular weight is 225 g/mol. The summed E-state index contributed by atoms with van der Waals surface area (Å²) in [4.78, 5) is 10.6. The Morgan fingerprint density at radius 3 is 2.50 bits per heavy atom. The zero-order valence-corrected chi connectivity index (χ0v) is 8.71. The molecule has 5 heteroatoms. The monoisotopic (exact) mass is 225 g/mol. The average Bonchev–Trinajstić information content (AvgIpc) is 2.27. The zero-order chi connectivity index (χ0) is 12.1. The Morgan fingerprint density at radius 1 is 1.31 bits per heavy atom. The molecule has 0 saturated carbocycles. The maximum Gasteiger partial charge on any atom is 0.220 e. The first-order chi connectivity index (χ1) is 7.56. The number of aliphatic hydroxyl groups excluding tert-OH is 3. The minimum absolute atomic E-state index is 0.240. The number of carbonyl (C=O) groups excluding carboxylic acids is 1. The third kappa shape index (κ3) is 3.03. The molecule has 2 unspecified atom stereocenters. The Bertz CT molecular complexity index is 367. The standard InChI is InChI=1S/C11H15NO4/c12-10(15)5-9(14)11(16)8-4-2-1-3-7(8)6-13/h1-4,9,11,13-14,16H,5-6H2,(H2,12,15). The number of hydrogen-bond donors (Lipinski definition) is 4. The van der Waals surface area contributed by atoms with E-state index >= 15 is 0 Å². The Kier molecular flexibility index (Phi) is 4.42. The number of aliphatic hydroxyl groups is 3. The lowest BCUT2D eigenvalue weighted by Gasteiger charge is -2.19. The van der Waals surface area contributed by atoms with Gasteiger partial charge in [0.25, 0.3) is 0 Å². The molecule has 0 radical (unpaired) electrons. The third-order valence-electron chi connectivity index (χ3n) is 2.32. The molecule has 0 aromatic heterocycles. The maximum absolute atomic E-state index is 10.6. The molecular weight excluding hydrogens is 210 g/mol. The lowest BCUT2D eigenvalue weighted by atomic mass is 9.97. The van der Waals surface area contributed by atoms with Crippen molar-refractivity contribution in [3.05, 3.63) is 35.4 Å². The second-order valence-corrected chi connectivity index (χ2v) is 3.54. The molecule has 88 valence electrons. The molecule has 1 aromatic rings. The summed E-state index contributed by atoms with van der Waals surface area (Å²) in [5.41, 5.74) is 5.83. The molecule has 1 amide bonds. The van der Waals surface area contributed by atoms with Crippen LogP contribution >= 0.6 is 0 Å². The first-order valence-corrected chi connectivity index (χ1v) is 4.89. The second-order valence-electron chi connectivity index (χ2n) is 3.54. The van der Waals surface area contributed by atoms with Gasteiger partial charge in [-0.2, -0.15) is 0 Å². The molecule has 0 aliphatic heterocycles. The number of rotatable bonds is 5. The zero-order valence-electron chi connectivity index (χ0n) is 8.71. The van der Waals surface area contributed by atoms with Crippen molar-refractivity contribution in [1.29, 1.82) is 0 Å². The Labute approximate surface area is 93.1 Å². The molecule has 2 atom stereocenters. The van der Waals surface area contributed by atoms with E-state index in [0.29, 0.717) is 11.1 Å². The SMILES string of the molecule is NC(=O)CC(O)C(O)c1ccccc1CO. The van der Waals surface area contributed by atoms with Gasteiger partial charge < -0.3 is 21.1 Å². The van der Waals surface area contributed by atoms with Crippen LogP contribution in [0.2, 0.25) is 0 Å². The lowest BCUT2D eigenvalue weighted by Crippen LogP contribution is -2.26. The van der Waals surface area contributed by atoms with Gasteiger partial charge in [0.1, 0.15) is 6.10 Å². The first-order valence-electron chi connectivity index (χ1n) is 4.89. The van der Waals surface area contributed by atoms with E-state index in [2.05, 4.69) is 0 Å². The van der Waals surface area contributed by atoms with Gasteiger partial charge >= 0.3 is 0 Å². The van der Waals surface area contributed by atoms with Crippen LogP contribution in [0, 0.1) is 0 Å². The fraction of sp³-hybridized carbons (Fsp3) is 0.364. The van der Waals surface area contributed by atoms with Gasteiger partial charge in [0, 0.05) is 0 Å². The quantitative estimate of drug-likeness (QED) is 0.539. The van der Waals surface area contributed by atoms with Gasteiger partial charge in [-0.3, -0.25) is 4.79 Å². The highest BCUT2D eigenvalue weighted by Crippen LogP contribution is 2.22. The van der Waals surface area contributed by atoms with Gasteiger partial charge in [0.05, 0.1) is 19.1 Å². The predicted molar refractivity (Wildman–Crippen MR) is 57.1 cm³/mol. The number of amides is 1. The van der Waals surface area contributed by atoms with Crippen molar-refractivity contribution in [2.75, 3.05) is 0 Å². The predicted octanol–water partition coefficient (Wildman–Crippen LogP) is -0.551. The van der Waals surface area contributed by atoms with Gasteiger partial charge in [-0.25, -0.2) is 0 Å². The van der Waals surface area contributed by atoms with Crippen LogP contribution in [-0.2, 0) is 11.4 Å². The highest BCUT2D eigenvalue weighted by Gasteiger charge is 2.22. The van der Waals surface area contributed by atoms with E-state index in [9.17, 15) is 15.0 Å². The van der Waals surface area contributed by atoms with Crippen molar-refractivity contribution in [2.24, 2.45) is 5.73 Å².